The van der Waals surface area contributed by atoms with Gasteiger partial charge in [-0.05, 0) is 38.5 Å². The summed E-state index contributed by atoms with van der Waals surface area (Å²) in [5.41, 5.74) is 0. The van der Waals surface area contributed by atoms with Crippen LogP contribution in [0.2, 0.25) is 0 Å². The molecule has 0 aromatic heterocycles. The lowest BCUT2D eigenvalue weighted by atomic mass is 10.4. The quantitative estimate of drug-likeness (QED) is 0.475. The van der Waals surface area contributed by atoms with Crippen LogP contribution < -0.4 is 14.7 Å². The zero-order chi connectivity index (χ0) is 17.7. The second kappa shape index (κ2) is 14.4. The summed E-state index contributed by atoms with van der Waals surface area (Å²) >= 11 is 0. The summed E-state index contributed by atoms with van der Waals surface area (Å²) in [6.07, 6.45) is 8.52. The third kappa shape index (κ3) is 21.2. The van der Waals surface area contributed by atoms with Crippen LogP contribution in [0.1, 0.15) is 38.5 Å². The van der Waals surface area contributed by atoms with Gasteiger partial charge in [-0.15, -0.1) is 0 Å². The molecule has 3 saturated heterocycles. The molecule has 7 nitrogen and oxygen atoms in total. The van der Waals surface area contributed by atoms with Crippen molar-refractivity contribution in [2.75, 3.05) is 39.3 Å². The van der Waals surface area contributed by atoms with E-state index < -0.39 is 7.82 Å². The van der Waals surface area contributed by atoms with E-state index in [2.05, 4.69) is 14.0 Å². The second-order valence-corrected chi connectivity index (χ2v) is 9.50. The van der Waals surface area contributed by atoms with E-state index in [1.54, 1.807) is 0 Å². The molecule has 0 N–H and O–H groups in total. The molecule has 11 heteroatoms. The van der Waals surface area contributed by atoms with Gasteiger partial charge in [0, 0.05) is 67.4 Å². The summed E-state index contributed by atoms with van der Waals surface area (Å²) in [7, 11) is 0.600. The van der Waals surface area contributed by atoms with Gasteiger partial charge in [0.15, 0.2) is 0 Å². The van der Waals surface area contributed by atoms with E-state index in [0.29, 0.717) is 0 Å². The standard InChI is InChI=1S/3C4H10NP.H3O4P/c3*6-5-3-1-2-4-5;1-5(2,3)4/h3*1-4,6H2;(H3,1,2,3,4). The van der Waals surface area contributed by atoms with Crippen molar-refractivity contribution in [1.29, 1.82) is 0 Å². The van der Waals surface area contributed by atoms with Gasteiger partial charge in [0.2, 0.25) is 0 Å². The van der Waals surface area contributed by atoms with Gasteiger partial charge in [0.05, 0.1) is 0 Å². The van der Waals surface area contributed by atoms with E-state index in [9.17, 15) is 0 Å². The highest BCUT2D eigenvalue weighted by Crippen LogP contribution is 2.11. The van der Waals surface area contributed by atoms with Crippen LogP contribution in [-0.2, 0) is 4.57 Å². The summed E-state index contributed by atoms with van der Waals surface area (Å²) in [4.78, 5) is 25.6. The van der Waals surface area contributed by atoms with Crippen molar-refractivity contribution in [3.8, 4) is 0 Å². The molecule has 3 rings (SSSR count). The highest BCUT2D eigenvalue weighted by molar-refractivity contribution is 7.40. The molecule has 3 atom stereocenters. The van der Waals surface area contributed by atoms with Crippen molar-refractivity contribution in [3.63, 3.8) is 0 Å². The summed E-state index contributed by atoms with van der Waals surface area (Å²) in [5, 5.41) is 0. The van der Waals surface area contributed by atoms with Crippen molar-refractivity contribution in [2.45, 2.75) is 38.5 Å². The molecule has 3 aliphatic heterocycles. The predicted octanol–water partition coefficient (Wildman–Crippen LogP) is -1.01. The Hall–Kier alpha value is 1.28. The molecule has 0 aromatic carbocycles. The normalized spacial score (nSPS) is 22.9. The lowest BCUT2D eigenvalue weighted by Crippen LogP contribution is -2.24. The Balaban J connectivity index is 0.000000282. The number of hydrogen-bond donors (Lipinski definition) is 0. The maximum atomic E-state index is 8.55. The minimum atomic E-state index is -5.39. The molecule has 3 heterocycles. The van der Waals surface area contributed by atoms with Gasteiger partial charge in [-0.25, -0.2) is 0 Å². The zero-order valence-electron chi connectivity index (χ0n) is 14.0. The minimum Gasteiger partial charge on any atom is -0.822 e. The fourth-order valence-corrected chi connectivity index (χ4v) is 3.69. The lowest BCUT2D eigenvalue weighted by molar-refractivity contribution is -0.432. The van der Waals surface area contributed by atoms with E-state index in [-0.39, 0.29) is 0 Å². The Bertz CT molecular complexity index is 276. The van der Waals surface area contributed by atoms with E-state index >= 15 is 0 Å². The fraction of sp³-hybridized carbons (Fsp3) is 1.00. The molecule has 3 unspecified atom stereocenters. The number of rotatable bonds is 0. The van der Waals surface area contributed by atoms with Gasteiger partial charge in [-0.2, -0.15) is 21.8 Å². The van der Waals surface area contributed by atoms with Gasteiger partial charge in [-0.1, -0.05) is 0 Å². The Morgan fingerprint density at radius 1 is 0.565 bits per heavy atom. The van der Waals surface area contributed by atoms with Gasteiger partial charge < -0.3 is 19.2 Å². The molecule has 0 saturated carbocycles. The van der Waals surface area contributed by atoms with E-state index in [4.69, 9.17) is 19.2 Å². The van der Waals surface area contributed by atoms with Gasteiger partial charge in [0.25, 0.3) is 0 Å². The average molecular weight is 407 g/mol. The molecule has 23 heavy (non-hydrogen) atoms. The second-order valence-electron chi connectivity index (χ2n) is 5.92. The number of hydrogen-bond acceptors (Lipinski definition) is 7. The fourth-order valence-electron chi connectivity index (χ4n) is 2.35. The molecule has 3 fully saturated rings. The summed E-state index contributed by atoms with van der Waals surface area (Å²) in [5.74, 6) is 0. The van der Waals surface area contributed by atoms with Crippen LogP contribution in [0, 0.1) is 0 Å². The SMILES string of the molecule is O=P([O-])([O-])[O-].[PH3+]N1CCCC1.[PH3+]N1CCCC1.[PH3+]N1CCCC1. The monoisotopic (exact) mass is 407 g/mol. The van der Waals surface area contributed by atoms with Crippen LogP contribution in [-0.4, -0.2) is 53.3 Å². The molecule has 0 amide bonds. The molecule has 0 spiro atoms. The smallest absolute Gasteiger partial charge is 0.0431 e. The summed E-state index contributed by atoms with van der Waals surface area (Å²) in [6.45, 7) is 7.99. The third-order valence-corrected chi connectivity index (χ3v) is 5.49. The highest BCUT2D eigenvalue weighted by Gasteiger charge is 2.08. The third-order valence-electron chi connectivity index (χ3n) is 3.60. The first-order valence-corrected chi connectivity index (χ1v) is 11.4. The first kappa shape index (κ1) is 24.3. The zero-order valence-corrected chi connectivity index (χ0v) is 19.2. The van der Waals surface area contributed by atoms with E-state index in [0.717, 1.165) is 0 Å². The van der Waals surface area contributed by atoms with Crippen molar-refractivity contribution in [2.24, 2.45) is 0 Å². The van der Waals surface area contributed by atoms with Gasteiger partial charge >= 0.3 is 0 Å². The first-order chi connectivity index (χ1) is 10.7. The predicted molar refractivity (Wildman–Crippen MR) is 103 cm³/mol. The van der Waals surface area contributed by atoms with Gasteiger partial charge in [-0.3, -0.25) is 0 Å². The highest BCUT2D eigenvalue weighted by atomic mass is 31.2. The van der Waals surface area contributed by atoms with Crippen LogP contribution in [0.3, 0.4) is 0 Å². The van der Waals surface area contributed by atoms with Crippen molar-refractivity contribution in [3.05, 3.63) is 0 Å². The van der Waals surface area contributed by atoms with Gasteiger partial charge in [0.1, 0.15) is 0 Å². The van der Waals surface area contributed by atoms with Crippen LogP contribution in [0.4, 0.5) is 0 Å². The lowest BCUT2D eigenvalue weighted by Gasteiger charge is -2.36. The number of nitrogens with zero attached hydrogens (tertiary/aromatic N) is 3. The molecule has 0 aliphatic carbocycles. The maximum absolute atomic E-state index is 8.55. The topological polar surface area (TPSA) is 96.0 Å². The van der Waals surface area contributed by atoms with Crippen molar-refractivity contribution < 1.29 is 19.2 Å². The summed E-state index contributed by atoms with van der Waals surface area (Å²) < 4.78 is 15.7. The molecule has 0 bridgehead atoms. The van der Waals surface area contributed by atoms with Crippen LogP contribution in [0.25, 0.3) is 0 Å². The van der Waals surface area contributed by atoms with Crippen molar-refractivity contribution in [1.82, 2.24) is 14.0 Å². The summed E-state index contributed by atoms with van der Waals surface area (Å²) in [6, 6.07) is 0. The maximum Gasteiger partial charge on any atom is 0.0431 e. The van der Waals surface area contributed by atoms with E-state index in [1.165, 1.54) is 77.8 Å². The first-order valence-electron chi connectivity index (χ1n) is 8.08. The molecule has 140 valence electrons. The molecule has 3 aliphatic rings. The Labute approximate surface area is 147 Å². The molecular weight excluding hydrogens is 374 g/mol. The Morgan fingerprint density at radius 3 is 0.739 bits per heavy atom. The Morgan fingerprint density at radius 2 is 0.696 bits per heavy atom. The molecule has 0 radical (unpaired) electrons. The molecular formula is C12H33N3O4P4. The van der Waals surface area contributed by atoms with E-state index in [1.807, 2.05) is 28.2 Å². The molecule has 0 aromatic rings. The minimum absolute atomic E-state index is 1.33. The van der Waals surface area contributed by atoms with Crippen LogP contribution >= 0.6 is 36.0 Å². The largest absolute Gasteiger partial charge is 0.822 e. The van der Waals surface area contributed by atoms with Crippen molar-refractivity contribution >= 4 is 36.0 Å². The number of phosphoric acid groups is 1. The average Bonchev–Trinajstić information content (AvgIpc) is 3.14. The van der Waals surface area contributed by atoms with Crippen LogP contribution in [0.5, 0.6) is 0 Å². The Kier molecular flexibility index (Phi) is 15.3. The van der Waals surface area contributed by atoms with Crippen LogP contribution in [0.15, 0.2) is 0 Å².